The molecule has 2 aliphatic heterocycles. The average molecular weight is 434 g/mol. The van der Waals surface area contributed by atoms with E-state index in [9.17, 15) is 14.7 Å². The largest absolute Gasteiger partial charge is 0.484 e. The summed E-state index contributed by atoms with van der Waals surface area (Å²) >= 11 is 0. The molecular weight excluding hydrogens is 406 g/mol. The van der Waals surface area contributed by atoms with E-state index in [1.54, 1.807) is 35.3 Å². The predicted octanol–water partition coefficient (Wildman–Crippen LogP) is 2.99. The van der Waals surface area contributed by atoms with E-state index in [0.29, 0.717) is 30.9 Å². The predicted molar refractivity (Wildman–Crippen MR) is 122 cm³/mol. The molecule has 0 radical (unpaired) electrons. The molecule has 32 heavy (non-hydrogen) atoms. The van der Waals surface area contributed by atoms with E-state index in [2.05, 4.69) is 0 Å². The number of likely N-dealkylation sites (N-methyl/N-ethyl adjacent to an activating group) is 1. The average Bonchev–Trinajstić information content (AvgIpc) is 3.11. The molecule has 7 nitrogen and oxygen atoms in total. The first-order chi connectivity index (χ1) is 15.3. The zero-order valence-electron chi connectivity index (χ0n) is 18.5. The van der Waals surface area contributed by atoms with Crippen molar-refractivity contribution in [1.82, 2.24) is 14.4 Å². The Morgan fingerprint density at radius 2 is 1.72 bits per heavy atom. The highest BCUT2D eigenvalue weighted by molar-refractivity contribution is 5.88. The molecule has 0 aliphatic carbocycles. The van der Waals surface area contributed by atoms with Crippen LogP contribution in [-0.2, 0) is 6.54 Å². The first-order valence-electron chi connectivity index (χ1n) is 10.9. The van der Waals surface area contributed by atoms with Gasteiger partial charge in [-0.25, -0.2) is 4.79 Å². The lowest BCUT2D eigenvalue weighted by atomic mass is 9.85. The minimum Gasteiger partial charge on any atom is -0.484 e. The van der Waals surface area contributed by atoms with E-state index in [-0.39, 0.29) is 11.6 Å². The lowest BCUT2D eigenvalue weighted by molar-refractivity contribution is -0.0823. The fourth-order valence-corrected chi connectivity index (χ4v) is 4.81. The summed E-state index contributed by atoms with van der Waals surface area (Å²) < 4.78 is 7.99. The van der Waals surface area contributed by atoms with Crippen LogP contribution < -0.4 is 10.3 Å². The number of ether oxygens (including phenoxy) is 1. The van der Waals surface area contributed by atoms with E-state index < -0.39 is 17.7 Å². The third-order valence-corrected chi connectivity index (χ3v) is 6.60. The molecule has 3 heterocycles. The summed E-state index contributed by atoms with van der Waals surface area (Å²) in [7, 11) is 1.73. The molecule has 166 valence electrons. The number of aliphatic hydroxyl groups is 1. The molecule has 1 N–H and O–H groups in total. The molecule has 0 bridgehead atoms. The van der Waals surface area contributed by atoms with Crippen molar-refractivity contribution < 1.29 is 14.6 Å². The summed E-state index contributed by atoms with van der Waals surface area (Å²) in [6.07, 6.45) is -1.05. The van der Waals surface area contributed by atoms with Crippen LogP contribution in [0.1, 0.15) is 31.0 Å². The zero-order chi connectivity index (χ0) is 22.6. The van der Waals surface area contributed by atoms with Crippen LogP contribution in [0.5, 0.6) is 5.75 Å². The topological polar surface area (TPSA) is 75.0 Å². The van der Waals surface area contributed by atoms with Gasteiger partial charge in [0.2, 0.25) is 0 Å². The number of para-hydroxylation sites is 1. The van der Waals surface area contributed by atoms with Crippen molar-refractivity contribution in [2.45, 2.75) is 38.1 Å². The number of rotatable bonds is 3. The first kappa shape index (κ1) is 20.6. The number of carbonyl (C=O) groups excluding carboxylic acids is 1. The Labute approximate surface area is 186 Å². The summed E-state index contributed by atoms with van der Waals surface area (Å²) in [5.41, 5.74) is 0.876. The van der Waals surface area contributed by atoms with Gasteiger partial charge >= 0.3 is 6.03 Å². The number of aliphatic hydroxyl groups excluding tert-OH is 1. The smallest absolute Gasteiger partial charge is 0.320 e. The number of hydrogen-bond acceptors (Lipinski definition) is 4. The molecular formula is C25H27N3O4. The molecule has 7 heteroatoms. The second-order valence-electron chi connectivity index (χ2n) is 9.13. The molecule has 2 aliphatic rings. The van der Waals surface area contributed by atoms with Crippen molar-refractivity contribution in [1.29, 1.82) is 0 Å². The van der Waals surface area contributed by atoms with Crippen LogP contribution >= 0.6 is 0 Å². The fourth-order valence-electron chi connectivity index (χ4n) is 4.81. The van der Waals surface area contributed by atoms with E-state index >= 15 is 0 Å². The zero-order valence-corrected chi connectivity index (χ0v) is 18.5. The van der Waals surface area contributed by atoms with Gasteiger partial charge in [-0.15, -0.1) is 0 Å². The molecule has 2 amide bonds. The number of aromatic nitrogens is 1. The minimum atomic E-state index is -1.05. The maximum absolute atomic E-state index is 14.0. The van der Waals surface area contributed by atoms with Crippen LogP contribution in [0.2, 0.25) is 0 Å². The van der Waals surface area contributed by atoms with Gasteiger partial charge in [0.15, 0.2) is 0 Å². The standard InChI is InChI=1S/C25H27N3O4/c1-25(2)22(29)20(27-14-13-26(3)24(27)31)19-21(32-25)17-11-7-8-12-18(17)28(23(19)30)15-16-9-5-4-6-10-16/h4-12,20,22,29H,13-15H2,1-3H3/t20-,22+/m1/s1. The summed E-state index contributed by atoms with van der Waals surface area (Å²) in [5, 5.41) is 12.1. The van der Waals surface area contributed by atoms with Crippen LogP contribution in [0.25, 0.3) is 10.9 Å². The van der Waals surface area contributed by atoms with Gasteiger partial charge in [-0.05, 0) is 31.5 Å². The number of urea groups is 1. The Hall–Kier alpha value is -3.32. The normalized spacial score (nSPS) is 22.2. The fraction of sp³-hybridized carbons (Fsp3) is 0.360. The Bertz CT molecular complexity index is 1250. The molecule has 1 fully saturated rings. The highest BCUT2D eigenvalue weighted by Gasteiger charge is 2.50. The van der Waals surface area contributed by atoms with Crippen LogP contribution in [0.4, 0.5) is 4.79 Å². The van der Waals surface area contributed by atoms with Crippen molar-refractivity contribution in [2.75, 3.05) is 20.1 Å². The Kier molecular flexibility index (Phi) is 4.74. The number of carbonyl (C=O) groups is 1. The monoisotopic (exact) mass is 433 g/mol. The second kappa shape index (κ2) is 7.38. The Balaban J connectivity index is 1.79. The molecule has 2 atom stereocenters. The molecule has 0 saturated carbocycles. The third kappa shape index (κ3) is 3.07. The van der Waals surface area contributed by atoms with Crippen LogP contribution in [0.3, 0.4) is 0 Å². The summed E-state index contributed by atoms with van der Waals surface area (Å²) in [5.74, 6) is 0.456. The van der Waals surface area contributed by atoms with Gasteiger partial charge in [0.1, 0.15) is 17.5 Å². The summed E-state index contributed by atoms with van der Waals surface area (Å²) in [6.45, 7) is 4.96. The SMILES string of the molecule is CN1CCN([C@@H]2c3c(c4ccccc4n(Cc4ccccc4)c3=O)OC(C)(C)[C@H]2O)C1=O. The van der Waals surface area contributed by atoms with Crippen LogP contribution in [0.15, 0.2) is 59.4 Å². The van der Waals surface area contributed by atoms with Gasteiger partial charge in [0.05, 0.1) is 23.7 Å². The summed E-state index contributed by atoms with van der Waals surface area (Å²) in [6, 6.07) is 16.4. The molecule has 2 aromatic carbocycles. The van der Waals surface area contributed by atoms with Gasteiger partial charge in [-0.3, -0.25) is 4.79 Å². The number of fused-ring (bicyclic) bond motifs is 3. The third-order valence-electron chi connectivity index (χ3n) is 6.60. The molecule has 0 unspecified atom stereocenters. The maximum Gasteiger partial charge on any atom is 0.320 e. The van der Waals surface area contributed by atoms with Crippen molar-refractivity contribution >= 4 is 16.9 Å². The van der Waals surface area contributed by atoms with Gasteiger partial charge in [-0.1, -0.05) is 42.5 Å². The number of nitrogens with zero attached hydrogens (tertiary/aromatic N) is 3. The molecule has 1 saturated heterocycles. The quantitative estimate of drug-likeness (QED) is 0.689. The second-order valence-corrected chi connectivity index (χ2v) is 9.13. The van der Waals surface area contributed by atoms with Crippen molar-refractivity contribution in [2.24, 2.45) is 0 Å². The highest BCUT2D eigenvalue weighted by Crippen LogP contribution is 2.45. The van der Waals surface area contributed by atoms with E-state index in [4.69, 9.17) is 4.74 Å². The van der Waals surface area contributed by atoms with Crippen LogP contribution in [0, 0.1) is 0 Å². The molecule has 0 spiro atoms. The lowest BCUT2D eigenvalue weighted by Crippen LogP contribution is -2.56. The lowest BCUT2D eigenvalue weighted by Gasteiger charge is -2.45. The van der Waals surface area contributed by atoms with E-state index in [0.717, 1.165) is 16.5 Å². The highest BCUT2D eigenvalue weighted by atomic mass is 16.5. The van der Waals surface area contributed by atoms with Gasteiger partial charge < -0.3 is 24.2 Å². The number of amides is 2. The van der Waals surface area contributed by atoms with E-state index in [1.807, 2.05) is 54.6 Å². The number of benzene rings is 2. The van der Waals surface area contributed by atoms with E-state index in [1.165, 1.54) is 0 Å². The van der Waals surface area contributed by atoms with Crippen molar-refractivity contribution in [3.05, 3.63) is 76.1 Å². The number of hydrogen-bond donors (Lipinski definition) is 1. The molecule has 3 aromatic rings. The molecule has 5 rings (SSSR count). The summed E-state index contributed by atoms with van der Waals surface area (Å²) in [4.78, 5) is 30.1. The van der Waals surface area contributed by atoms with Crippen molar-refractivity contribution in [3.63, 3.8) is 0 Å². The first-order valence-corrected chi connectivity index (χ1v) is 10.9. The van der Waals surface area contributed by atoms with Gasteiger partial charge in [-0.2, -0.15) is 0 Å². The number of pyridine rings is 1. The van der Waals surface area contributed by atoms with Crippen molar-refractivity contribution in [3.8, 4) is 5.75 Å². The minimum absolute atomic E-state index is 0.195. The molecule has 1 aromatic heterocycles. The van der Waals surface area contributed by atoms with Gasteiger partial charge in [0, 0.05) is 25.5 Å². The van der Waals surface area contributed by atoms with Crippen LogP contribution in [-0.4, -0.2) is 57.3 Å². The van der Waals surface area contributed by atoms with Gasteiger partial charge in [0.25, 0.3) is 5.56 Å². The maximum atomic E-state index is 14.0. The Morgan fingerprint density at radius 1 is 1.03 bits per heavy atom. The Morgan fingerprint density at radius 3 is 2.41 bits per heavy atom.